The number of hydrogen-bond donors (Lipinski definition) is 1. The van der Waals surface area contributed by atoms with E-state index in [1.54, 1.807) is 0 Å². The standard InChI is InChI=1S/C16H17ClFN3/c17-12-10-15(18)16(19-11-12)20-13-4-6-14(7-5-13)21-8-2-1-3-9-21/h4-7,10-11H,1-3,8-9H2,(H,19,20). The number of aromatic nitrogens is 1. The third-order valence-electron chi connectivity index (χ3n) is 3.66. The van der Waals surface area contributed by atoms with Gasteiger partial charge in [-0.25, -0.2) is 9.37 Å². The SMILES string of the molecule is Fc1cc(Cl)cnc1Nc1ccc(N2CCCCC2)cc1. The van der Waals surface area contributed by atoms with Gasteiger partial charge in [0.05, 0.1) is 5.02 Å². The van der Waals surface area contributed by atoms with E-state index < -0.39 is 5.82 Å². The van der Waals surface area contributed by atoms with Crippen molar-refractivity contribution < 1.29 is 4.39 Å². The van der Waals surface area contributed by atoms with E-state index in [1.807, 2.05) is 12.1 Å². The van der Waals surface area contributed by atoms with Crippen molar-refractivity contribution in [1.82, 2.24) is 4.98 Å². The van der Waals surface area contributed by atoms with E-state index in [4.69, 9.17) is 11.6 Å². The van der Waals surface area contributed by atoms with Crippen molar-refractivity contribution in [3.63, 3.8) is 0 Å². The number of hydrogen-bond acceptors (Lipinski definition) is 3. The molecule has 21 heavy (non-hydrogen) atoms. The van der Waals surface area contributed by atoms with Crippen LogP contribution in [-0.2, 0) is 0 Å². The summed E-state index contributed by atoms with van der Waals surface area (Å²) >= 11 is 5.69. The number of nitrogens with one attached hydrogen (secondary N) is 1. The molecule has 5 heteroatoms. The molecule has 1 aromatic heterocycles. The Morgan fingerprint density at radius 1 is 1.10 bits per heavy atom. The van der Waals surface area contributed by atoms with Crippen molar-refractivity contribution in [1.29, 1.82) is 0 Å². The molecule has 1 N–H and O–H groups in total. The third-order valence-corrected chi connectivity index (χ3v) is 3.87. The average molecular weight is 306 g/mol. The highest BCUT2D eigenvalue weighted by molar-refractivity contribution is 6.30. The van der Waals surface area contributed by atoms with Crippen LogP contribution in [0.25, 0.3) is 0 Å². The molecule has 0 aliphatic carbocycles. The lowest BCUT2D eigenvalue weighted by Crippen LogP contribution is -2.29. The fourth-order valence-corrected chi connectivity index (χ4v) is 2.70. The highest BCUT2D eigenvalue weighted by Gasteiger charge is 2.11. The van der Waals surface area contributed by atoms with Crippen molar-refractivity contribution in [2.24, 2.45) is 0 Å². The highest BCUT2D eigenvalue weighted by Crippen LogP contribution is 2.24. The maximum atomic E-state index is 13.7. The van der Waals surface area contributed by atoms with Crippen LogP contribution in [0.2, 0.25) is 5.02 Å². The molecule has 0 radical (unpaired) electrons. The summed E-state index contributed by atoms with van der Waals surface area (Å²) in [7, 11) is 0. The molecular formula is C16H17ClFN3. The molecule has 0 bridgehead atoms. The van der Waals surface area contributed by atoms with Gasteiger partial charge in [0.1, 0.15) is 0 Å². The first-order chi connectivity index (χ1) is 10.2. The number of rotatable bonds is 3. The second-order valence-electron chi connectivity index (χ2n) is 5.20. The van der Waals surface area contributed by atoms with Crippen molar-refractivity contribution >= 4 is 28.8 Å². The molecule has 1 aliphatic rings. The van der Waals surface area contributed by atoms with Gasteiger partial charge in [-0.15, -0.1) is 0 Å². The predicted molar refractivity (Wildman–Crippen MR) is 85.0 cm³/mol. The first kappa shape index (κ1) is 14.1. The van der Waals surface area contributed by atoms with E-state index in [0.29, 0.717) is 5.02 Å². The number of halogens is 2. The van der Waals surface area contributed by atoms with Crippen LogP contribution in [0.3, 0.4) is 0 Å². The largest absolute Gasteiger partial charge is 0.372 e. The van der Waals surface area contributed by atoms with E-state index in [2.05, 4.69) is 27.3 Å². The lowest BCUT2D eigenvalue weighted by atomic mass is 10.1. The minimum atomic E-state index is -0.456. The van der Waals surface area contributed by atoms with E-state index >= 15 is 0 Å². The van der Waals surface area contributed by atoms with Gasteiger partial charge in [-0.3, -0.25) is 0 Å². The Hall–Kier alpha value is -1.81. The number of anilines is 3. The Kier molecular flexibility index (Phi) is 4.25. The fourth-order valence-electron chi connectivity index (χ4n) is 2.55. The molecule has 2 aromatic rings. The summed E-state index contributed by atoms with van der Waals surface area (Å²) in [5, 5.41) is 3.26. The maximum absolute atomic E-state index is 13.7. The monoisotopic (exact) mass is 305 g/mol. The molecular weight excluding hydrogens is 289 g/mol. The minimum absolute atomic E-state index is 0.185. The van der Waals surface area contributed by atoms with Gasteiger partial charge in [0.25, 0.3) is 0 Å². The van der Waals surface area contributed by atoms with Gasteiger partial charge < -0.3 is 10.2 Å². The summed E-state index contributed by atoms with van der Waals surface area (Å²) in [5.41, 5.74) is 2.02. The van der Waals surface area contributed by atoms with E-state index in [1.165, 1.54) is 37.2 Å². The molecule has 0 saturated carbocycles. The van der Waals surface area contributed by atoms with Crippen LogP contribution in [0.15, 0.2) is 36.5 Å². The van der Waals surface area contributed by atoms with Gasteiger partial charge in [-0.2, -0.15) is 0 Å². The third kappa shape index (κ3) is 3.45. The Morgan fingerprint density at radius 3 is 2.48 bits per heavy atom. The van der Waals surface area contributed by atoms with Crippen LogP contribution in [0, 0.1) is 5.82 Å². The van der Waals surface area contributed by atoms with Gasteiger partial charge in [0.2, 0.25) is 0 Å². The van der Waals surface area contributed by atoms with Crippen molar-refractivity contribution in [3.05, 3.63) is 47.4 Å². The van der Waals surface area contributed by atoms with Gasteiger partial charge in [-0.1, -0.05) is 11.6 Å². The summed E-state index contributed by atoms with van der Waals surface area (Å²) in [5.74, 6) is -0.271. The summed E-state index contributed by atoms with van der Waals surface area (Å²) in [6.07, 6.45) is 5.24. The van der Waals surface area contributed by atoms with E-state index in [0.717, 1.165) is 18.8 Å². The lowest BCUT2D eigenvalue weighted by Gasteiger charge is -2.28. The van der Waals surface area contributed by atoms with Crippen LogP contribution < -0.4 is 10.2 Å². The summed E-state index contributed by atoms with van der Waals surface area (Å²) < 4.78 is 13.7. The molecule has 1 aliphatic heterocycles. The van der Waals surface area contributed by atoms with E-state index in [9.17, 15) is 4.39 Å². The zero-order chi connectivity index (χ0) is 14.7. The smallest absolute Gasteiger partial charge is 0.167 e. The maximum Gasteiger partial charge on any atom is 0.167 e. The normalized spacial score (nSPS) is 15.0. The van der Waals surface area contributed by atoms with Crippen LogP contribution >= 0.6 is 11.6 Å². The topological polar surface area (TPSA) is 28.2 Å². The van der Waals surface area contributed by atoms with Gasteiger partial charge >= 0.3 is 0 Å². The molecule has 3 nitrogen and oxygen atoms in total. The molecule has 1 aromatic carbocycles. The van der Waals surface area contributed by atoms with Crippen LogP contribution in [0.5, 0.6) is 0 Å². The van der Waals surface area contributed by atoms with Crippen LogP contribution in [-0.4, -0.2) is 18.1 Å². The Labute approximate surface area is 128 Å². The molecule has 0 amide bonds. The summed E-state index contributed by atoms with van der Waals surface area (Å²) in [6, 6.07) is 9.25. The van der Waals surface area contributed by atoms with Crippen molar-refractivity contribution in [2.75, 3.05) is 23.3 Å². The van der Waals surface area contributed by atoms with Gasteiger partial charge in [-0.05, 0) is 49.6 Å². The molecule has 1 saturated heterocycles. The zero-order valence-electron chi connectivity index (χ0n) is 11.6. The second-order valence-corrected chi connectivity index (χ2v) is 5.64. The quantitative estimate of drug-likeness (QED) is 0.897. The second kappa shape index (κ2) is 6.31. The van der Waals surface area contributed by atoms with Crippen molar-refractivity contribution in [3.8, 4) is 0 Å². The molecule has 3 rings (SSSR count). The predicted octanol–water partition coefficient (Wildman–Crippen LogP) is 4.61. The molecule has 110 valence electrons. The number of pyridine rings is 1. The zero-order valence-corrected chi connectivity index (χ0v) is 12.4. The van der Waals surface area contributed by atoms with Crippen LogP contribution in [0.1, 0.15) is 19.3 Å². The first-order valence-electron chi connectivity index (χ1n) is 7.15. The van der Waals surface area contributed by atoms with Gasteiger partial charge in [0.15, 0.2) is 11.6 Å². The minimum Gasteiger partial charge on any atom is -0.372 e. The van der Waals surface area contributed by atoms with Gasteiger partial charge in [0, 0.05) is 30.7 Å². The molecule has 0 unspecified atom stereocenters. The Morgan fingerprint density at radius 2 is 1.81 bits per heavy atom. The molecule has 0 spiro atoms. The van der Waals surface area contributed by atoms with E-state index in [-0.39, 0.29) is 5.82 Å². The molecule has 1 fully saturated rings. The molecule has 2 heterocycles. The number of nitrogens with zero attached hydrogens (tertiary/aromatic N) is 2. The van der Waals surface area contributed by atoms with Crippen LogP contribution in [0.4, 0.5) is 21.6 Å². The Bertz CT molecular complexity index is 609. The average Bonchev–Trinajstić information content (AvgIpc) is 2.52. The number of benzene rings is 1. The van der Waals surface area contributed by atoms with Crippen molar-refractivity contribution in [2.45, 2.75) is 19.3 Å². The highest BCUT2D eigenvalue weighted by atomic mass is 35.5. The first-order valence-corrected chi connectivity index (χ1v) is 7.53. The summed E-state index contributed by atoms with van der Waals surface area (Å²) in [4.78, 5) is 6.34. The summed E-state index contributed by atoms with van der Waals surface area (Å²) in [6.45, 7) is 2.22. The lowest BCUT2D eigenvalue weighted by molar-refractivity contribution is 0.578. The molecule has 0 atom stereocenters. The fraction of sp³-hybridized carbons (Fsp3) is 0.312. The Balaban J connectivity index is 1.71. The number of piperidine rings is 1.